The van der Waals surface area contributed by atoms with Gasteiger partial charge in [0.1, 0.15) is 6.10 Å². The Morgan fingerprint density at radius 2 is 1.57 bits per heavy atom. The third-order valence-electron chi connectivity index (χ3n) is 5.07. The van der Waals surface area contributed by atoms with Crippen LogP contribution in [0.5, 0.6) is 0 Å². The van der Waals surface area contributed by atoms with E-state index in [9.17, 15) is 9.59 Å². The summed E-state index contributed by atoms with van der Waals surface area (Å²) in [6.07, 6.45) is -0.437. The number of benzene rings is 3. The van der Waals surface area contributed by atoms with Crippen molar-refractivity contribution < 1.29 is 9.53 Å². The van der Waals surface area contributed by atoms with E-state index >= 15 is 0 Å². The highest BCUT2D eigenvalue weighted by Crippen LogP contribution is 2.21. The highest BCUT2D eigenvalue weighted by Gasteiger charge is 2.20. The predicted octanol–water partition coefficient (Wildman–Crippen LogP) is 4.67. The van der Waals surface area contributed by atoms with Crippen LogP contribution in [0.3, 0.4) is 0 Å². The molecule has 0 amide bonds. The summed E-state index contributed by atoms with van der Waals surface area (Å²) < 4.78 is 7.02. The van der Waals surface area contributed by atoms with Crippen LogP contribution in [-0.2, 0) is 11.3 Å². The molecule has 30 heavy (non-hydrogen) atoms. The molecule has 150 valence electrons. The van der Waals surface area contributed by atoms with Crippen LogP contribution in [0.4, 0.5) is 0 Å². The standard InChI is InChI=1S/C25H22N2O3/c1-17-12-14-20(15-13-17)18(2)30-25(29)23-21-10-6-7-11-22(21)24(28)27(26-23)16-19-8-4-3-5-9-19/h3-15,18H,16H2,1-2H3/t18-/m1/s1. The molecule has 1 heterocycles. The molecule has 4 aromatic rings. The molecule has 0 N–H and O–H groups in total. The molecule has 0 aliphatic heterocycles. The van der Waals surface area contributed by atoms with Gasteiger partial charge in [0.15, 0.2) is 5.69 Å². The second-order valence-corrected chi connectivity index (χ2v) is 7.30. The molecule has 1 atom stereocenters. The van der Waals surface area contributed by atoms with Crippen LogP contribution in [0.25, 0.3) is 10.8 Å². The number of ether oxygens (including phenoxy) is 1. The smallest absolute Gasteiger partial charge is 0.360 e. The summed E-state index contributed by atoms with van der Waals surface area (Å²) in [5.74, 6) is -0.555. The molecular weight excluding hydrogens is 376 g/mol. The van der Waals surface area contributed by atoms with Gasteiger partial charge in [0.25, 0.3) is 5.56 Å². The number of fused-ring (bicyclic) bond motifs is 1. The second kappa shape index (κ2) is 8.33. The van der Waals surface area contributed by atoms with Gasteiger partial charge in [-0.3, -0.25) is 4.79 Å². The van der Waals surface area contributed by atoms with Gasteiger partial charge in [0, 0.05) is 5.39 Å². The van der Waals surface area contributed by atoms with Gasteiger partial charge in [0.05, 0.1) is 11.9 Å². The Morgan fingerprint density at radius 3 is 2.27 bits per heavy atom. The fourth-order valence-electron chi connectivity index (χ4n) is 3.37. The number of aromatic nitrogens is 2. The van der Waals surface area contributed by atoms with Crippen LogP contribution in [-0.4, -0.2) is 15.7 Å². The molecule has 4 rings (SSSR count). The van der Waals surface area contributed by atoms with Gasteiger partial charge in [-0.1, -0.05) is 78.4 Å². The predicted molar refractivity (Wildman–Crippen MR) is 117 cm³/mol. The first-order valence-electron chi connectivity index (χ1n) is 9.84. The number of esters is 1. The molecule has 0 unspecified atom stereocenters. The summed E-state index contributed by atoms with van der Waals surface area (Å²) in [5.41, 5.74) is 2.86. The lowest BCUT2D eigenvalue weighted by Gasteiger charge is -2.15. The van der Waals surface area contributed by atoms with E-state index in [1.165, 1.54) is 4.68 Å². The summed E-state index contributed by atoms with van der Waals surface area (Å²) in [4.78, 5) is 26.0. The van der Waals surface area contributed by atoms with Gasteiger partial charge in [-0.05, 0) is 31.0 Å². The lowest BCUT2D eigenvalue weighted by atomic mass is 10.1. The number of nitrogens with zero attached hydrogens (tertiary/aromatic N) is 2. The zero-order valence-corrected chi connectivity index (χ0v) is 16.9. The third-order valence-corrected chi connectivity index (χ3v) is 5.07. The first-order chi connectivity index (χ1) is 14.5. The van der Waals surface area contributed by atoms with E-state index < -0.39 is 12.1 Å². The van der Waals surface area contributed by atoms with Gasteiger partial charge < -0.3 is 4.74 Å². The largest absolute Gasteiger partial charge is 0.453 e. The molecule has 1 aromatic heterocycles. The van der Waals surface area contributed by atoms with Crippen molar-refractivity contribution in [2.75, 3.05) is 0 Å². The third kappa shape index (κ3) is 4.01. The summed E-state index contributed by atoms with van der Waals surface area (Å²) in [5, 5.41) is 5.32. The Balaban J connectivity index is 1.71. The monoisotopic (exact) mass is 398 g/mol. The number of aryl methyl sites for hydroxylation is 1. The molecule has 0 bridgehead atoms. The van der Waals surface area contributed by atoms with Gasteiger partial charge >= 0.3 is 5.97 Å². The molecule has 5 nitrogen and oxygen atoms in total. The van der Waals surface area contributed by atoms with Crippen LogP contribution in [0.2, 0.25) is 0 Å². The van der Waals surface area contributed by atoms with Crippen LogP contribution in [0.1, 0.15) is 40.2 Å². The Bertz CT molecular complexity index is 1250. The van der Waals surface area contributed by atoms with E-state index in [1.807, 2.05) is 68.4 Å². The zero-order valence-electron chi connectivity index (χ0n) is 16.9. The van der Waals surface area contributed by atoms with Crippen molar-refractivity contribution in [2.24, 2.45) is 0 Å². The summed E-state index contributed by atoms with van der Waals surface area (Å²) >= 11 is 0. The zero-order chi connectivity index (χ0) is 21.1. The molecule has 3 aromatic carbocycles. The van der Waals surface area contributed by atoms with Crippen molar-refractivity contribution in [1.29, 1.82) is 0 Å². The summed E-state index contributed by atoms with van der Waals surface area (Å²) in [6, 6.07) is 24.4. The average Bonchev–Trinajstić information content (AvgIpc) is 2.77. The molecule has 0 spiro atoms. The molecular formula is C25H22N2O3. The highest BCUT2D eigenvalue weighted by atomic mass is 16.5. The highest BCUT2D eigenvalue weighted by molar-refractivity contribution is 6.02. The fourth-order valence-corrected chi connectivity index (χ4v) is 3.37. The van der Waals surface area contributed by atoms with Crippen molar-refractivity contribution in [3.63, 3.8) is 0 Å². The Kier molecular flexibility index (Phi) is 5.44. The van der Waals surface area contributed by atoms with Gasteiger partial charge in [-0.25, -0.2) is 9.48 Å². The van der Waals surface area contributed by atoms with E-state index in [0.717, 1.165) is 16.7 Å². The number of hydrogen-bond acceptors (Lipinski definition) is 4. The molecule has 0 aliphatic rings. The maximum Gasteiger partial charge on any atom is 0.360 e. The van der Waals surface area contributed by atoms with E-state index in [2.05, 4.69) is 5.10 Å². The van der Waals surface area contributed by atoms with Crippen LogP contribution >= 0.6 is 0 Å². The Labute approximate surface area is 174 Å². The van der Waals surface area contributed by atoms with Crippen LogP contribution < -0.4 is 5.56 Å². The second-order valence-electron chi connectivity index (χ2n) is 7.30. The minimum absolute atomic E-state index is 0.139. The van der Waals surface area contributed by atoms with Crippen molar-refractivity contribution in [1.82, 2.24) is 9.78 Å². The molecule has 0 fully saturated rings. The molecule has 0 saturated heterocycles. The van der Waals surface area contributed by atoms with E-state index in [1.54, 1.807) is 24.3 Å². The number of carbonyl (C=O) groups is 1. The minimum Gasteiger partial charge on any atom is -0.453 e. The molecule has 0 saturated carbocycles. The number of carbonyl (C=O) groups excluding carboxylic acids is 1. The number of hydrogen-bond donors (Lipinski definition) is 0. The minimum atomic E-state index is -0.555. The first-order valence-corrected chi connectivity index (χ1v) is 9.84. The van der Waals surface area contributed by atoms with Gasteiger partial charge in [-0.15, -0.1) is 0 Å². The lowest BCUT2D eigenvalue weighted by molar-refractivity contribution is 0.0330. The van der Waals surface area contributed by atoms with E-state index in [-0.39, 0.29) is 17.8 Å². The van der Waals surface area contributed by atoms with Crippen molar-refractivity contribution in [2.45, 2.75) is 26.5 Å². The van der Waals surface area contributed by atoms with Crippen LogP contribution in [0.15, 0.2) is 83.7 Å². The van der Waals surface area contributed by atoms with Gasteiger partial charge in [-0.2, -0.15) is 5.10 Å². The first kappa shape index (κ1) is 19.6. The topological polar surface area (TPSA) is 61.2 Å². The Morgan fingerprint density at radius 1 is 0.933 bits per heavy atom. The maximum absolute atomic E-state index is 13.0. The van der Waals surface area contributed by atoms with E-state index in [4.69, 9.17) is 4.74 Å². The summed E-state index contributed by atoms with van der Waals surface area (Å²) in [7, 11) is 0. The van der Waals surface area contributed by atoms with Gasteiger partial charge in [0.2, 0.25) is 0 Å². The lowest BCUT2D eigenvalue weighted by Crippen LogP contribution is -2.27. The summed E-state index contributed by atoms with van der Waals surface area (Å²) in [6.45, 7) is 4.11. The quantitative estimate of drug-likeness (QED) is 0.458. The molecule has 5 heteroatoms. The van der Waals surface area contributed by atoms with Crippen molar-refractivity contribution in [3.05, 3.63) is 112 Å². The number of rotatable bonds is 5. The Hall–Kier alpha value is -3.73. The molecule has 0 aliphatic carbocycles. The normalized spacial score (nSPS) is 11.9. The molecule has 0 radical (unpaired) electrons. The fraction of sp³-hybridized carbons (Fsp3) is 0.160. The average molecular weight is 398 g/mol. The maximum atomic E-state index is 13.0. The van der Waals surface area contributed by atoms with Crippen molar-refractivity contribution in [3.8, 4) is 0 Å². The van der Waals surface area contributed by atoms with E-state index in [0.29, 0.717) is 10.8 Å². The SMILES string of the molecule is Cc1ccc([C@@H](C)OC(=O)c2nn(Cc3ccccc3)c(=O)c3ccccc23)cc1. The van der Waals surface area contributed by atoms with Crippen LogP contribution in [0, 0.1) is 6.92 Å². The van der Waals surface area contributed by atoms with Crippen molar-refractivity contribution >= 4 is 16.7 Å².